The molecule has 0 bridgehead atoms. The second-order valence-electron chi connectivity index (χ2n) is 4.73. The fraction of sp³-hybridized carbons (Fsp3) is 0.167. The normalized spacial score (nSPS) is 9.76. The maximum Gasteiger partial charge on any atom is 0.0946 e. The molecule has 1 heterocycles. The van der Waals surface area contributed by atoms with Crippen LogP contribution in [-0.4, -0.2) is 9.55 Å². The third-order valence-electron chi connectivity index (χ3n) is 3.14. The minimum absolute atomic E-state index is 0.640. The Balaban J connectivity index is 0.000000173. The van der Waals surface area contributed by atoms with Gasteiger partial charge in [-0.25, -0.2) is 4.98 Å². The molecular weight excluding hydrogens is 258 g/mol. The van der Waals surface area contributed by atoms with Crippen molar-refractivity contribution in [3.63, 3.8) is 0 Å². The molecule has 0 atom stereocenters. The van der Waals surface area contributed by atoms with E-state index in [2.05, 4.69) is 33.8 Å². The highest BCUT2D eigenvalue weighted by molar-refractivity contribution is 5.14. The standard InChI is InChI=1S/C11H12N2.C7H9N/c1-2-4-11(5-3-1)6-8-13-9-7-12-10-13;8-6-7-4-2-1-3-5-7/h1-5,7,9-10H,6,8H2;1-5H,6,8H2. The van der Waals surface area contributed by atoms with Crippen LogP contribution in [-0.2, 0) is 19.5 Å². The van der Waals surface area contributed by atoms with Crippen molar-refractivity contribution in [2.75, 3.05) is 0 Å². The van der Waals surface area contributed by atoms with Gasteiger partial charge in [-0.05, 0) is 17.5 Å². The van der Waals surface area contributed by atoms with Crippen molar-refractivity contribution in [3.8, 4) is 0 Å². The maximum absolute atomic E-state index is 5.35. The summed E-state index contributed by atoms with van der Waals surface area (Å²) in [6.07, 6.45) is 6.72. The summed E-state index contributed by atoms with van der Waals surface area (Å²) in [5, 5.41) is 0. The van der Waals surface area contributed by atoms with Crippen molar-refractivity contribution in [2.24, 2.45) is 5.73 Å². The first kappa shape index (κ1) is 15.0. The third-order valence-corrected chi connectivity index (χ3v) is 3.14. The average molecular weight is 279 g/mol. The van der Waals surface area contributed by atoms with Crippen LogP contribution in [0.4, 0.5) is 0 Å². The summed E-state index contributed by atoms with van der Waals surface area (Å²) in [5.74, 6) is 0. The Morgan fingerprint density at radius 1 is 0.857 bits per heavy atom. The second kappa shape index (κ2) is 8.72. The van der Waals surface area contributed by atoms with Crippen molar-refractivity contribution >= 4 is 0 Å². The number of aromatic nitrogens is 2. The first-order valence-electron chi connectivity index (χ1n) is 7.12. The van der Waals surface area contributed by atoms with Crippen molar-refractivity contribution in [1.29, 1.82) is 0 Å². The molecule has 0 spiro atoms. The van der Waals surface area contributed by atoms with Crippen LogP contribution in [0, 0.1) is 0 Å². The highest BCUT2D eigenvalue weighted by Gasteiger charge is 1.92. The lowest BCUT2D eigenvalue weighted by atomic mass is 10.1. The molecule has 0 aliphatic carbocycles. The van der Waals surface area contributed by atoms with E-state index in [1.54, 1.807) is 0 Å². The predicted molar refractivity (Wildman–Crippen MR) is 86.7 cm³/mol. The Bertz CT molecular complexity index is 589. The number of imidazole rings is 1. The zero-order valence-electron chi connectivity index (χ0n) is 12.1. The summed E-state index contributed by atoms with van der Waals surface area (Å²) in [6.45, 7) is 1.64. The summed E-state index contributed by atoms with van der Waals surface area (Å²) in [5.41, 5.74) is 7.91. The Morgan fingerprint density at radius 2 is 1.48 bits per heavy atom. The lowest BCUT2D eigenvalue weighted by Gasteiger charge is -2.01. The van der Waals surface area contributed by atoms with Gasteiger partial charge >= 0.3 is 0 Å². The first-order chi connectivity index (χ1) is 10.4. The second-order valence-corrected chi connectivity index (χ2v) is 4.73. The van der Waals surface area contributed by atoms with Gasteiger partial charge in [-0.3, -0.25) is 0 Å². The molecule has 2 aromatic carbocycles. The van der Waals surface area contributed by atoms with Crippen molar-refractivity contribution in [2.45, 2.75) is 19.5 Å². The molecule has 108 valence electrons. The monoisotopic (exact) mass is 279 g/mol. The van der Waals surface area contributed by atoms with E-state index in [1.807, 2.05) is 55.1 Å². The lowest BCUT2D eigenvalue weighted by molar-refractivity contribution is 0.696. The van der Waals surface area contributed by atoms with Crippen LogP contribution in [0.5, 0.6) is 0 Å². The van der Waals surface area contributed by atoms with E-state index in [4.69, 9.17) is 5.73 Å². The highest BCUT2D eigenvalue weighted by Crippen LogP contribution is 2.01. The molecule has 1 aromatic heterocycles. The van der Waals surface area contributed by atoms with Crippen molar-refractivity contribution < 1.29 is 0 Å². The zero-order valence-corrected chi connectivity index (χ0v) is 12.1. The van der Waals surface area contributed by atoms with Gasteiger partial charge in [-0.15, -0.1) is 0 Å². The Labute approximate surface area is 126 Å². The zero-order chi connectivity index (χ0) is 14.8. The molecule has 0 unspecified atom stereocenters. The van der Waals surface area contributed by atoms with Crippen LogP contribution >= 0.6 is 0 Å². The molecule has 0 fully saturated rings. The van der Waals surface area contributed by atoms with Gasteiger partial charge < -0.3 is 10.3 Å². The van der Waals surface area contributed by atoms with Crippen molar-refractivity contribution in [1.82, 2.24) is 9.55 Å². The van der Waals surface area contributed by atoms with E-state index in [9.17, 15) is 0 Å². The fourth-order valence-corrected chi connectivity index (χ4v) is 1.94. The van der Waals surface area contributed by atoms with Crippen LogP contribution in [0.1, 0.15) is 11.1 Å². The molecule has 3 heteroatoms. The van der Waals surface area contributed by atoms with Gasteiger partial charge in [0.1, 0.15) is 0 Å². The van der Waals surface area contributed by atoms with E-state index >= 15 is 0 Å². The van der Waals surface area contributed by atoms with E-state index in [1.165, 1.54) is 11.1 Å². The molecule has 3 nitrogen and oxygen atoms in total. The molecule has 2 N–H and O–H groups in total. The maximum atomic E-state index is 5.35. The Kier molecular flexibility index (Phi) is 6.23. The Morgan fingerprint density at radius 3 is 1.95 bits per heavy atom. The van der Waals surface area contributed by atoms with Crippen LogP contribution < -0.4 is 5.73 Å². The minimum atomic E-state index is 0.640. The summed E-state index contributed by atoms with van der Waals surface area (Å²) < 4.78 is 2.09. The number of aryl methyl sites for hydroxylation is 2. The summed E-state index contributed by atoms with van der Waals surface area (Å²) in [4.78, 5) is 4.00. The SMILES string of the molecule is NCc1ccccc1.c1ccc(CCn2ccnc2)cc1. The van der Waals surface area contributed by atoms with Crippen molar-refractivity contribution in [3.05, 3.63) is 90.5 Å². The number of hydrogen-bond acceptors (Lipinski definition) is 2. The topological polar surface area (TPSA) is 43.8 Å². The lowest BCUT2D eigenvalue weighted by Crippen LogP contribution is -1.97. The van der Waals surface area contributed by atoms with Gasteiger partial charge in [0.25, 0.3) is 0 Å². The first-order valence-corrected chi connectivity index (χ1v) is 7.12. The van der Waals surface area contributed by atoms with Gasteiger partial charge in [0.2, 0.25) is 0 Å². The molecule has 0 radical (unpaired) electrons. The quantitative estimate of drug-likeness (QED) is 0.796. The summed E-state index contributed by atoms with van der Waals surface area (Å²) in [6, 6.07) is 20.5. The number of hydrogen-bond donors (Lipinski definition) is 1. The number of nitrogens with two attached hydrogens (primary N) is 1. The van der Waals surface area contributed by atoms with Gasteiger partial charge in [-0.1, -0.05) is 60.7 Å². The molecular formula is C18H21N3. The largest absolute Gasteiger partial charge is 0.337 e. The summed E-state index contributed by atoms with van der Waals surface area (Å²) in [7, 11) is 0. The van der Waals surface area contributed by atoms with Gasteiger partial charge in [0, 0.05) is 25.5 Å². The molecule has 0 aliphatic rings. The molecule has 0 aliphatic heterocycles. The summed E-state index contributed by atoms with van der Waals surface area (Å²) >= 11 is 0. The minimum Gasteiger partial charge on any atom is -0.337 e. The number of nitrogens with zero attached hydrogens (tertiary/aromatic N) is 2. The number of rotatable bonds is 4. The molecule has 0 saturated carbocycles. The van der Waals surface area contributed by atoms with Gasteiger partial charge in [0.15, 0.2) is 0 Å². The van der Waals surface area contributed by atoms with Crippen LogP contribution in [0.25, 0.3) is 0 Å². The van der Waals surface area contributed by atoms with Crippen LogP contribution in [0.3, 0.4) is 0 Å². The molecule has 21 heavy (non-hydrogen) atoms. The Hall–Kier alpha value is -2.39. The average Bonchev–Trinajstić information content (AvgIpc) is 3.09. The molecule has 0 saturated heterocycles. The van der Waals surface area contributed by atoms with E-state index < -0.39 is 0 Å². The van der Waals surface area contributed by atoms with Gasteiger partial charge in [-0.2, -0.15) is 0 Å². The van der Waals surface area contributed by atoms with E-state index in [-0.39, 0.29) is 0 Å². The highest BCUT2D eigenvalue weighted by atomic mass is 15.0. The van der Waals surface area contributed by atoms with E-state index in [0.717, 1.165) is 13.0 Å². The predicted octanol–water partition coefficient (Wildman–Crippen LogP) is 3.27. The van der Waals surface area contributed by atoms with Gasteiger partial charge in [0.05, 0.1) is 6.33 Å². The van der Waals surface area contributed by atoms with Crippen LogP contribution in [0.2, 0.25) is 0 Å². The fourth-order valence-electron chi connectivity index (χ4n) is 1.94. The molecule has 3 rings (SSSR count). The molecule has 0 amide bonds. The molecule has 3 aromatic rings. The smallest absolute Gasteiger partial charge is 0.0946 e. The van der Waals surface area contributed by atoms with Crippen LogP contribution in [0.15, 0.2) is 79.4 Å². The van der Waals surface area contributed by atoms with E-state index in [0.29, 0.717) is 6.54 Å². The number of benzene rings is 2. The third kappa shape index (κ3) is 5.63.